The van der Waals surface area contributed by atoms with Crippen LogP contribution in [-0.4, -0.2) is 18.2 Å². The second-order valence-corrected chi connectivity index (χ2v) is 4.05. The Morgan fingerprint density at radius 1 is 1.18 bits per heavy atom. The molecular weight excluding hydrogens is 218 g/mol. The molecule has 1 aromatic carbocycles. The number of benzene rings is 1. The van der Waals surface area contributed by atoms with E-state index in [1.807, 2.05) is 13.0 Å². The molecule has 4 nitrogen and oxygen atoms in total. The summed E-state index contributed by atoms with van der Waals surface area (Å²) in [6.45, 7) is 3.09. The predicted molar refractivity (Wildman–Crippen MR) is 64.9 cm³/mol. The van der Waals surface area contributed by atoms with E-state index in [1.54, 1.807) is 12.1 Å². The van der Waals surface area contributed by atoms with E-state index in [4.69, 9.17) is 9.47 Å². The lowest BCUT2D eigenvalue weighted by atomic mass is 10.1. The van der Waals surface area contributed by atoms with E-state index < -0.39 is 0 Å². The number of H-pyrrole nitrogens is 1. The summed E-state index contributed by atoms with van der Waals surface area (Å²) in [5.74, 6) is 1.35. The highest BCUT2D eigenvalue weighted by Gasteiger charge is 2.14. The zero-order valence-corrected chi connectivity index (χ0v) is 9.58. The molecule has 0 spiro atoms. The molecule has 0 radical (unpaired) electrons. The molecule has 0 saturated heterocycles. The average molecular weight is 231 g/mol. The summed E-state index contributed by atoms with van der Waals surface area (Å²) >= 11 is 0. The first kappa shape index (κ1) is 10.2. The molecule has 2 aromatic rings. The van der Waals surface area contributed by atoms with Crippen LogP contribution in [0.3, 0.4) is 0 Å². The lowest BCUT2D eigenvalue weighted by molar-refractivity contribution is 0.172. The molecule has 0 bridgehead atoms. The molecule has 1 aromatic heterocycles. The molecule has 17 heavy (non-hydrogen) atoms. The topological polar surface area (TPSA) is 51.3 Å². The average Bonchev–Trinajstić information content (AvgIpc) is 2.36. The van der Waals surface area contributed by atoms with Crippen molar-refractivity contribution in [2.24, 2.45) is 0 Å². The minimum absolute atomic E-state index is 0.0209. The summed E-state index contributed by atoms with van der Waals surface area (Å²) in [6, 6.07) is 5.23. The molecule has 0 atom stereocenters. The fourth-order valence-corrected chi connectivity index (χ4v) is 2.03. The lowest BCUT2D eigenvalue weighted by Crippen LogP contribution is -2.16. The van der Waals surface area contributed by atoms with E-state index in [0.29, 0.717) is 30.1 Å². The van der Waals surface area contributed by atoms with Gasteiger partial charge in [0.25, 0.3) is 0 Å². The van der Waals surface area contributed by atoms with Gasteiger partial charge in [0, 0.05) is 23.2 Å². The van der Waals surface area contributed by atoms with Gasteiger partial charge in [-0.3, -0.25) is 4.79 Å². The molecule has 0 saturated carbocycles. The maximum atomic E-state index is 11.9. The van der Waals surface area contributed by atoms with Crippen LogP contribution < -0.4 is 14.9 Å². The summed E-state index contributed by atoms with van der Waals surface area (Å²) in [7, 11) is 0. The van der Waals surface area contributed by atoms with Crippen LogP contribution in [-0.2, 0) is 6.42 Å². The van der Waals surface area contributed by atoms with Gasteiger partial charge in [-0.15, -0.1) is 0 Å². The van der Waals surface area contributed by atoms with Crippen molar-refractivity contribution in [2.75, 3.05) is 13.2 Å². The molecule has 4 heteroatoms. The summed E-state index contributed by atoms with van der Waals surface area (Å²) < 4.78 is 11.0. The highest BCUT2D eigenvalue weighted by Crippen LogP contribution is 2.32. The van der Waals surface area contributed by atoms with Gasteiger partial charge >= 0.3 is 0 Å². The summed E-state index contributed by atoms with van der Waals surface area (Å²) in [5.41, 5.74) is 1.75. The maximum Gasteiger partial charge on any atom is 0.189 e. The second-order valence-electron chi connectivity index (χ2n) is 4.05. The molecule has 1 aliphatic heterocycles. The second kappa shape index (κ2) is 3.80. The molecule has 0 amide bonds. The van der Waals surface area contributed by atoms with Gasteiger partial charge in [-0.05, 0) is 12.5 Å². The van der Waals surface area contributed by atoms with Crippen LogP contribution in [0.25, 0.3) is 10.9 Å². The van der Waals surface area contributed by atoms with Gasteiger partial charge in [0.05, 0.1) is 5.52 Å². The van der Waals surface area contributed by atoms with E-state index >= 15 is 0 Å². The minimum atomic E-state index is 0.0209. The molecule has 2 heterocycles. The zero-order valence-electron chi connectivity index (χ0n) is 9.58. The van der Waals surface area contributed by atoms with Crippen LogP contribution in [0, 0.1) is 0 Å². The minimum Gasteiger partial charge on any atom is -0.486 e. The standard InChI is InChI=1S/C13H13NO3/c1-2-8-5-11(15)9-6-12-13(7-10(9)14-8)17-4-3-16-12/h5-7H,2-4H2,1H3,(H,14,15). The Labute approximate surface area is 98.2 Å². The fraction of sp³-hybridized carbons (Fsp3) is 0.308. The number of aromatic nitrogens is 1. The Morgan fingerprint density at radius 2 is 1.88 bits per heavy atom. The number of nitrogens with one attached hydrogen (secondary N) is 1. The lowest BCUT2D eigenvalue weighted by Gasteiger charge is -2.18. The van der Waals surface area contributed by atoms with Gasteiger partial charge in [0.2, 0.25) is 0 Å². The number of hydrogen-bond donors (Lipinski definition) is 1. The van der Waals surface area contributed by atoms with Crippen molar-refractivity contribution in [1.82, 2.24) is 4.98 Å². The molecule has 88 valence electrons. The summed E-state index contributed by atoms with van der Waals surface area (Å²) in [4.78, 5) is 15.2. The monoisotopic (exact) mass is 231 g/mol. The number of hydrogen-bond acceptors (Lipinski definition) is 3. The van der Waals surface area contributed by atoms with Gasteiger partial charge in [-0.1, -0.05) is 6.92 Å². The number of fused-ring (bicyclic) bond motifs is 2. The smallest absolute Gasteiger partial charge is 0.189 e. The van der Waals surface area contributed by atoms with Gasteiger partial charge in [0.15, 0.2) is 16.9 Å². The maximum absolute atomic E-state index is 11.9. The van der Waals surface area contributed by atoms with Crippen LogP contribution >= 0.6 is 0 Å². The van der Waals surface area contributed by atoms with Crippen molar-refractivity contribution in [2.45, 2.75) is 13.3 Å². The van der Waals surface area contributed by atoms with E-state index in [2.05, 4.69) is 4.98 Å². The number of rotatable bonds is 1. The fourth-order valence-electron chi connectivity index (χ4n) is 2.03. The number of pyridine rings is 1. The van der Waals surface area contributed by atoms with Crippen molar-refractivity contribution in [1.29, 1.82) is 0 Å². The van der Waals surface area contributed by atoms with Crippen LogP contribution in [0.2, 0.25) is 0 Å². The first-order valence-electron chi connectivity index (χ1n) is 5.73. The molecule has 0 unspecified atom stereocenters. The number of aryl methyl sites for hydroxylation is 1. The third-order valence-corrected chi connectivity index (χ3v) is 2.93. The van der Waals surface area contributed by atoms with Crippen molar-refractivity contribution >= 4 is 10.9 Å². The molecule has 3 rings (SSSR count). The Morgan fingerprint density at radius 3 is 2.59 bits per heavy atom. The van der Waals surface area contributed by atoms with E-state index in [9.17, 15) is 4.79 Å². The van der Waals surface area contributed by atoms with E-state index in [1.165, 1.54) is 0 Å². The van der Waals surface area contributed by atoms with E-state index in [-0.39, 0.29) is 5.43 Å². The quantitative estimate of drug-likeness (QED) is 0.815. The Kier molecular flexibility index (Phi) is 2.28. The van der Waals surface area contributed by atoms with Gasteiger partial charge < -0.3 is 14.5 Å². The molecule has 1 aliphatic rings. The largest absolute Gasteiger partial charge is 0.486 e. The highest BCUT2D eigenvalue weighted by atomic mass is 16.6. The van der Waals surface area contributed by atoms with Crippen molar-refractivity contribution in [3.05, 3.63) is 34.1 Å². The number of aromatic amines is 1. The molecule has 0 fully saturated rings. The highest BCUT2D eigenvalue weighted by molar-refractivity contribution is 5.82. The van der Waals surface area contributed by atoms with Gasteiger partial charge in [0.1, 0.15) is 13.2 Å². The van der Waals surface area contributed by atoms with Crippen LogP contribution in [0.5, 0.6) is 11.5 Å². The summed E-state index contributed by atoms with van der Waals surface area (Å²) in [6.07, 6.45) is 0.805. The van der Waals surface area contributed by atoms with E-state index in [0.717, 1.165) is 17.6 Å². The van der Waals surface area contributed by atoms with Crippen molar-refractivity contribution in [3.8, 4) is 11.5 Å². The first-order valence-corrected chi connectivity index (χ1v) is 5.73. The van der Waals surface area contributed by atoms with Crippen LogP contribution in [0.1, 0.15) is 12.6 Å². The molecule has 0 aliphatic carbocycles. The van der Waals surface area contributed by atoms with Gasteiger partial charge in [-0.25, -0.2) is 0 Å². The predicted octanol–water partition coefficient (Wildman–Crippen LogP) is 1.86. The summed E-state index contributed by atoms with van der Waals surface area (Å²) in [5, 5.41) is 0.645. The van der Waals surface area contributed by atoms with Crippen LogP contribution in [0.4, 0.5) is 0 Å². The molecule has 1 N–H and O–H groups in total. The molecular formula is C13H13NO3. The first-order chi connectivity index (χ1) is 8.28. The Bertz CT molecular complexity index is 630. The Balaban J connectivity index is 2.29. The van der Waals surface area contributed by atoms with Crippen molar-refractivity contribution in [3.63, 3.8) is 0 Å². The van der Waals surface area contributed by atoms with Gasteiger partial charge in [-0.2, -0.15) is 0 Å². The third kappa shape index (κ3) is 1.65. The number of ether oxygens (including phenoxy) is 2. The normalized spacial score (nSPS) is 13.9. The zero-order chi connectivity index (χ0) is 11.8. The third-order valence-electron chi connectivity index (χ3n) is 2.93. The van der Waals surface area contributed by atoms with Crippen LogP contribution in [0.15, 0.2) is 23.0 Å². The van der Waals surface area contributed by atoms with Crippen molar-refractivity contribution < 1.29 is 9.47 Å². The SMILES string of the molecule is CCc1cc(=O)c2cc3c(cc2[nH]1)OCCO3. The Hall–Kier alpha value is -1.97.